The molecule has 0 N–H and O–H groups in total. The highest BCUT2D eigenvalue weighted by atomic mass is 15.2. The first-order valence-electron chi connectivity index (χ1n) is 14.9. The van der Waals surface area contributed by atoms with Gasteiger partial charge in [0.1, 0.15) is 0 Å². The number of rotatable bonds is 2. The van der Waals surface area contributed by atoms with Gasteiger partial charge in [-0.2, -0.15) is 0 Å². The Kier molecular flexibility index (Phi) is 4.69. The second kappa shape index (κ2) is 8.76. The predicted molar refractivity (Wildman–Crippen MR) is 183 cm³/mol. The van der Waals surface area contributed by atoms with Crippen molar-refractivity contribution in [3.63, 3.8) is 0 Å². The summed E-state index contributed by atoms with van der Waals surface area (Å²) in [6, 6.07) is 50.0. The van der Waals surface area contributed by atoms with Crippen LogP contribution in [0.2, 0.25) is 0 Å². The maximum Gasteiger partial charge on any atom is 0.235 e. The van der Waals surface area contributed by atoms with Gasteiger partial charge >= 0.3 is 0 Å². The van der Waals surface area contributed by atoms with E-state index in [9.17, 15) is 0 Å². The third-order valence-corrected chi connectivity index (χ3v) is 9.13. The topological polar surface area (TPSA) is 35.6 Å². The number of fused-ring (bicyclic) bond motifs is 11. The number of benzene rings is 7. The van der Waals surface area contributed by atoms with E-state index in [1.165, 1.54) is 54.1 Å². The number of aromatic nitrogens is 4. The lowest BCUT2D eigenvalue weighted by molar-refractivity contribution is 1.01. The Morgan fingerprint density at radius 2 is 1.11 bits per heavy atom. The normalized spacial score (nSPS) is 12.1. The smallest absolute Gasteiger partial charge is 0.235 e. The fourth-order valence-electron chi connectivity index (χ4n) is 7.21. The summed E-state index contributed by atoms with van der Waals surface area (Å²) in [5.74, 6) is 0.683. The summed E-state index contributed by atoms with van der Waals surface area (Å²) >= 11 is 0. The summed E-state index contributed by atoms with van der Waals surface area (Å²) in [6.07, 6.45) is 1.92. The molecule has 0 fully saturated rings. The maximum absolute atomic E-state index is 4.98. The largest absolute Gasteiger partial charge is 0.309 e. The molecule has 4 heteroatoms. The molecule has 0 saturated carbocycles. The minimum absolute atomic E-state index is 0.683. The fourth-order valence-corrected chi connectivity index (χ4v) is 7.21. The van der Waals surface area contributed by atoms with Gasteiger partial charge in [0.25, 0.3) is 0 Å². The molecule has 3 heterocycles. The highest BCUT2D eigenvalue weighted by molar-refractivity contribution is 6.22. The van der Waals surface area contributed by atoms with Gasteiger partial charge in [0, 0.05) is 44.2 Å². The Balaban J connectivity index is 1.27. The van der Waals surface area contributed by atoms with Crippen molar-refractivity contribution in [2.45, 2.75) is 0 Å². The third-order valence-electron chi connectivity index (χ3n) is 9.13. The van der Waals surface area contributed by atoms with Gasteiger partial charge in [0.05, 0.1) is 27.6 Å². The Labute approximate surface area is 252 Å². The summed E-state index contributed by atoms with van der Waals surface area (Å²) < 4.78 is 4.63. The van der Waals surface area contributed by atoms with Gasteiger partial charge in [0.15, 0.2) is 0 Å². The Hall–Kier alpha value is -6.00. The Bertz CT molecular complexity index is 2780. The second-order valence-corrected chi connectivity index (χ2v) is 11.5. The number of nitrogens with zero attached hydrogens (tertiary/aromatic N) is 4. The van der Waals surface area contributed by atoms with Gasteiger partial charge in [-0.15, -0.1) is 0 Å². The monoisotopic (exact) mass is 560 g/mol. The molecule has 0 saturated heterocycles. The molecule has 0 atom stereocenters. The van der Waals surface area contributed by atoms with Crippen LogP contribution < -0.4 is 0 Å². The van der Waals surface area contributed by atoms with E-state index in [0.29, 0.717) is 5.95 Å². The van der Waals surface area contributed by atoms with Gasteiger partial charge in [-0.1, -0.05) is 103 Å². The average Bonchev–Trinajstić information content (AvgIpc) is 3.61. The number of hydrogen-bond acceptors (Lipinski definition) is 2. The zero-order valence-corrected chi connectivity index (χ0v) is 23.6. The lowest BCUT2D eigenvalue weighted by Crippen LogP contribution is -2.00. The van der Waals surface area contributed by atoms with Crippen molar-refractivity contribution in [2.24, 2.45) is 0 Å². The minimum atomic E-state index is 0.683. The minimum Gasteiger partial charge on any atom is -0.309 e. The Morgan fingerprint density at radius 3 is 2.00 bits per heavy atom. The van der Waals surface area contributed by atoms with Crippen LogP contribution in [0.5, 0.6) is 0 Å². The predicted octanol–water partition coefficient (Wildman–Crippen LogP) is 10.1. The van der Waals surface area contributed by atoms with Crippen molar-refractivity contribution in [3.8, 4) is 11.6 Å². The van der Waals surface area contributed by atoms with Crippen molar-refractivity contribution in [1.29, 1.82) is 0 Å². The average molecular weight is 561 g/mol. The molecule has 10 aromatic rings. The molecule has 10 rings (SSSR count). The van der Waals surface area contributed by atoms with Crippen LogP contribution in [0.1, 0.15) is 0 Å². The molecule has 44 heavy (non-hydrogen) atoms. The zero-order valence-electron chi connectivity index (χ0n) is 23.6. The molecule has 3 aromatic heterocycles. The molecule has 0 aliphatic rings. The molecular weight excluding hydrogens is 536 g/mol. The summed E-state index contributed by atoms with van der Waals surface area (Å²) in [5.41, 5.74) is 6.75. The molecule has 0 amide bonds. The highest BCUT2D eigenvalue weighted by Gasteiger charge is 2.18. The molecule has 0 spiro atoms. The summed E-state index contributed by atoms with van der Waals surface area (Å²) in [5, 5.41) is 10.9. The van der Waals surface area contributed by atoms with Gasteiger partial charge in [-0.3, -0.25) is 4.57 Å². The molecule has 0 unspecified atom stereocenters. The zero-order chi connectivity index (χ0) is 28.8. The highest BCUT2D eigenvalue weighted by Crippen LogP contribution is 2.40. The van der Waals surface area contributed by atoms with Crippen LogP contribution >= 0.6 is 0 Å². The van der Waals surface area contributed by atoms with E-state index in [4.69, 9.17) is 9.97 Å². The molecule has 7 aromatic carbocycles. The van der Waals surface area contributed by atoms with Gasteiger partial charge < -0.3 is 4.57 Å². The molecule has 4 nitrogen and oxygen atoms in total. The SMILES string of the molecule is c1ccc2nc(-n3c4ccccc4c4c5ccc(-n6c7ccccc7c7ccc8ccccc8c76)cc5ccc43)ncc2c1. The lowest BCUT2D eigenvalue weighted by Gasteiger charge is -2.12. The van der Waals surface area contributed by atoms with Gasteiger partial charge in [-0.25, -0.2) is 9.97 Å². The standard InChI is InChI=1S/C40H24N4/c1-3-11-30-25(9-1)17-20-32-31-12-4-7-15-35(31)43(39(30)32)28-19-21-29-26(23-28)18-22-37-38(29)33-13-5-8-16-36(33)44(37)40-41-24-27-10-2-6-14-34(27)42-40/h1-24H. The summed E-state index contributed by atoms with van der Waals surface area (Å²) in [7, 11) is 0. The number of hydrogen-bond donors (Lipinski definition) is 0. The molecular formula is C40H24N4. The van der Waals surface area contributed by atoms with Crippen molar-refractivity contribution in [3.05, 3.63) is 146 Å². The number of para-hydroxylation sites is 3. The van der Waals surface area contributed by atoms with E-state index < -0.39 is 0 Å². The quantitative estimate of drug-likeness (QED) is 0.211. The first kappa shape index (κ1) is 23.6. The van der Waals surface area contributed by atoms with Crippen LogP contribution in [0.25, 0.3) is 87.7 Å². The van der Waals surface area contributed by atoms with Crippen LogP contribution in [0.4, 0.5) is 0 Å². The van der Waals surface area contributed by atoms with Crippen LogP contribution in [-0.4, -0.2) is 19.1 Å². The van der Waals surface area contributed by atoms with Crippen LogP contribution in [0.15, 0.2) is 146 Å². The van der Waals surface area contributed by atoms with Crippen LogP contribution in [0, 0.1) is 0 Å². The van der Waals surface area contributed by atoms with E-state index >= 15 is 0 Å². The van der Waals surface area contributed by atoms with Crippen molar-refractivity contribution in [1.82, 2.24) is 19.1 Å². The van der Waals surface area contributed by atoms with Crippen molar-refractivity contribution >= 4 is 76.1 Å². The maximum atomic E-state index is 4.98. The van der Waals surface area contributed by atoms with E-state index in [2.05, 4.69) is 130 Å². The van der Waals surface area contributed by atoms with E-state index in [0.717, 1.165) is 27.6 Å². The third kappa shape index (κ3) is 3.17. The second-order valence-electron chi connectivity index (χ2n) is 11.5. The summed E-state index contributed by atoms with van der Waals surface area (Å²) in [4.78, 5) is 9.79. The fraction of sp³-hybridized carbons (Fsp3) is 0. The van der Waals surface area contributed by atoms with Crippen LogP contribution in [-0.2, 0) is 0 Å². The first-order chi connectivity index (χ1) is 21.8. The van der Waals surface area contributed by atoms with Crippen LogP contribution in [0.3, 0.4) is 0 Å². The van der Waals surface area contributed by atoms with Crippen molar-refractivity contribution in [2.75, 3.05) is 0 Å². The van der Waals surface area contributed by atoms with E-state index in [1.54, 1.807) is 0 Å². The molecule has 0 bridgehead atoms. The lowest BCUT2D eigenvalue weighted by atomic mass is 10.0. The van der Waals surface area contributed by atoms with Gasteiger partial charge in [-0.05, 0) is 52.6 Å². The molecule has 0 radical (unpaired) electrons. The molecule has 0 aliphatic carbocycles. The van der Waals surface area contributed by atoms with E-state index in [1.807, 2.05) is 24.4 Å². The van der Waals surface area contributed by atoms with Crippen molar-refractivity contribution < 1.29 is 0 Å². The van der Waals surface area contributed by atoms with Gasteiger partial charge in [0.2, 0.25) is 5.95 Å². The summed E-state index contributed by atoms with van der Waals surface area (Å²) in [6.45, 7) is 0. The first-order valence-corrected chi connectivity index (χ1v) is 14.9. The van der Waals surface area contributed by atoms with E-state index in [-0.39, 0.29) is 0 Å². The molecule has 204 valence electrons. The Morgan fingerprint density at radius 1 is 0.432 bits per heavy atom. The molecule has 0 aliphatic heterocycles.